The fraction of sp³-hybridized carbons (Fsp3) is 0.744. The van der Waals surface area contributed by atoms with Crippen molar-refractivity contribution in [1.29, 1.82) is 0 Å². The van der Waals surface area contributed by atoms with Gasteiger partial charge >= 0.3 is 6.09 Å². The first-order chi connectivity index (χ1) is 24.2. The van der Waals surface area contributed by atoms with Gasteiger partial charge in [-0.3, -0.25) is 9.97 Å². The minimum atomic E-state index is -0.448. The summed E-state index contributed by atoms with van der Waals surface area (Å²) in [5.74, 6) is 0. The van der Waals surface area contributed by atoms with Crippen molar-refractivity contribution >= 4 is 18.5 Å². The zero-order valence-electron chi connectivity index (χ0n) is 33.5. The Morgan fingerprint density at radius 3 is 1.85 bits per heavy atom. The van der Waals surface area contributed by atoms with Crippen LogP contribution in [0.5, 0.6) is 0 Å². The van der Waals surface area contributed by atoms with Crippen molar-refractivity contribution in [2.45, 2.75) is 156 Å². The van der Waals surface area contributed by atoms with Crippen LogP contribution in [0, 0.1) is 10.8 Å². The Kier molecular flexibility index (Phi) is 15.8. The SMILES string of the molecule is CC1(C)CCc2ccc(CCCCO[C@@H]3CCN(C(=O)OC(C)(C)C)C3)nc2C1.CC1(C)CCc2ccc(CCCCO[C@@H]3CCNC3)nc2C1.Cl. The van der Waals surface area contributed by atoms with Crippen molar-refractivity contribution in [1.82, 2.24) is 20.2 Å². The monoisotopic (exact) mass is 741 g/mol. The molecule has 1 N–H and O–H groups in total. The molecule has 8 nitrogen and oxygen atoms in total. The minimum absolute atomic E-state index is 0. The number of rotatable bonds is 12. The number of fused-ring (bicyclic) bond motifs is 2. The van der Waals surface area contributed by atoms with Crippen molar-refractivity contribution in [3.63, 3.8) is 0 Å². The van der Waals surface area contributed by atoms with E-state index >= 15 is 0 Å². The van der Waals surface area contributed by atoms with E-state index in [4.69, 9.17) is 24.2 Å². The van der Waals surface area contributed by atoms with E-state index in [-0.39, 0.29) is 24.6 Å². The Labute approximate surface area is 321 Å². The van der Waals surface area contributed by atoms with Gasteiger partial charge in [0, 0.05) is 49.1 Å². The molecule has 0 saturated carbocycles. The van der Waals surface area contributed by atoms with Crippen molar-refractivity contribution in [2.75, 3.05) is 39.4 Å². The lowest BCUT2D eigenvalue weighted by Crippen LogP contribution is -2.36. The van der Waals surface area contributed by atoms with Crippen LogP contribution in [0.2, 0.25) is 0 Å². The summed E-state index contributed by atoms with van der Waals surface area (Å²) in [6.07, 6.45) is 16.0. The molecule has 2 aliphatic carbocycles. The van der Waals surface area contributed by atoms with Crippen LogP contribution in [-0.4, -0.2) is 78.2 Å². The lowest BCUT2D eigenvalue weighted by Gasteiger charge is -2.30. The minimum Gasteiger partial charge on any atom is -0.444 e. The number of aromatic nitrogens is 2. The number of carbonyl (C=O) groups excluding carboxylic acids is 1. The maximum atomic E-state index is 12.1. The van der Waals surface area contributed by atoms with Gasteiger partial charge in [0.1, 0.15) is 5.60 Å². The van der Waals surface area contributed by atoms with Gasteiger partial charge in [-0.25, -0.2) is 4.79 Å². The number of likely N-dealkylation sites (tertiary alicyclic amines) is 1. The maximum absolute atomic E-state index is 12.1. The van der Waals surface area contributed by atoms with Crippen LogP contribution in [0.15, 0.2) is 24.3 Å². The number of amides is 1. The van der Waals surface area contributed by atoms with E-state index in [9.17, 15) is 4.79 Å². The van der Waals surface area contributed by atoms with Crippen LogP contribution in [0.25, 0.3) is 0 Å². The highest BCUT2D eigenvalue weighted by Gasteiger charge is 2.30. The van der Waals surface area contributed by atoms with Crippen molar-refractivity contribution in [3.05, 3.63) is 58.2 Å². The molecule has 0 bridgehead atoms. The summed E-state index contributed by atoms with van der Waals surface area (Å²) in [5, 5.41) is 3.34. The molecule has 2 aromatic heterocycles. The number of nitrogens with one attached hydrogen (secondary N) is 1. The zero-order chi connectivity index (χ0) is 36.5. The average Bonchev–Trinajstić information content (AvgIpc) is 3.76. The molecule has 0 aromatic carbocycles. The molecule has 0 spiro atoms. The van der Waals surface area contributed by atoms with E-state index in [1.807, 2.05) is 20.8 Å². The van der Waals surface area contributed by atoms with Gasteiger partial charge in [-0.05, 0) is 151 Å². The number of nitrogens with zero attached hydrogens (tertiary/aromatic N) is 3. The van der Waals surface area contributed by atoms with Gasteiger partial charge < -0.3 is 24.4 Å². The quantitative estimate of drug-likeness (QED) is 0.218. The topological polar surface area (TPSA) is 85.8 Å². The first-order valence-electron chi connectivity index (χ1n) is 20.1. The number of aryl methyl sites for hydroxylation is 4. The summed E-state index contributed by atoms with van der Waals surface area (Å²) in [6.45, 7) is 20.2. The second kappa shape index (κ2) is 19.4. The summed E-state index contributed by atoms with van der Waals surface area (Å²) in [5.41, 5.74) is 8.38. The molecule has 2 atom stereocenters. The number of hydrogen-bond acceptors (Lipinski definition) is 7. The van der Waals surface area contributed by atoms with Gasteiger partial charge in [0.25, 0.3) is 0 Å². The Balaban J connectivity index is 0.000000236. The van der Waals surface area contributed by atoms with Gasteiger partial charge in [-0.15, -0.1) is 12.4 Å². The summed E-state index contributed by atoms with van der Waals surface area (Å²) >= 11 is 0. The first-order valence-corrected chi connectivity index (χ1v) is 20.1. The Morgan fingerprint density at radius 1 is 0.808 bits per heavy atom. The van der Waals surface area contributed by atoms with Crippen LogP contribution >= 0.6 is 12.4 Å². The Hall–Kier alpha value is -2.26. The molecule has 4 aliphatic rings. The maximum Gasteiger partial charge on any atom is 0.410 e. The third-order valence-corrected chi connectivity index (χ3v) is 10.9. The second-order valence-electron chi connectivity index (χ2n) is 18.1. The number of unbranched alkanes of at least 4 members (excludes halogenated alkanes) is 2. The molecule has 52 heavy (non-hydrogen) atoms. The second-order valence-corrected chi connectivity index (χ2v) is 18.1. The fourth-order valence-corrected chi connectivity index (χ4v) is 7.66. The molecule has 2 aliphatic heterocycles. The third-order valence-electron chi connectivity index (χ3n) is 10.9. The summed E-state index contributed by atoms with van der Waals surface area (Å²) in [4.78, 5) is 23.8. The van der Waals surface area contributed by atoms with Crippen molar-refractivity contribution in [2.24, 2.45) is 10.8 Å². The molecule has 6 rings (SSSR count). The molecule has 4 heterocycles. The number of hydrogen-bond donors (Lipinski definition) is 1. The van der Waals surface area contributed by atoms with Crippen LogP contribution in [0.1, 0.15) is 134 Å². The summed E-state index contributed by atoms with van der Waals surface area (Å²) in [6, 6.07) is 9.04. The van der Waals surface area contributed by atoms with Gasteiger partial charge in [0.15, 0.2) is 0 Å². The van der Waals surface area contributed by atoms with E-state index < -0.39 is 5.60 Å². The number of pyridine rings is 2. The molecule has 292 valence electrons. The predicted molar refractivity (Wildman–Crippen MR) is 213 cm³/mol. The molecule has 1 amide bonds. The molecular weight excluding hydrogens is 672 g/mol. The van der Waals surface area contributed by atoms with Crippen molar-refractivity contribution in [3.8, 4) is 0 Å². The highest BCUT2D eigenvalue weighted by molar-refractivity contribution is 5.85. The van der Waals surface area contributed by atoms with Gasteiger partial charge in [-0.1, -0.05) is 39.8 Å². The van der Waals surface area contributed by atoms with E-state index in [0.717, 1.165) is 90.6 Å². The average molecular weight is 742 g/mol. The Morgan fingerprint density at radius 2 is 1.35 bits per heavy atom. The van der Waals surface area contributed by atoms with E-state index in [0.29, 0.717) is 23.5 Å². The largest absolute Gasteiger partial charge is 0.444 e. The highest BCUT2D eigenvalue weighted by Crippen LogP contribution is 2.35. The van der Waals surface area contributed by atoms with Crippen LogP contribution < -0.4 is 5.32 Å². The zero-order valence-corrected chi connectivity index (χ0v) is 34.3. The standard InChI is InChI=1S/C24H38N2O3.C19H30N2O.ClH/c1-23(2,3)29-22(27)26-14-12-20(17-26)28-15-7-6-8-19-10-9-18-11-13-24(4,5)16-21(18)25-19;1-19(2)10-8-15-6-7-16(21-18(15)13-19)5-3-4-12-22-17-9-11-20-14-17;/h9-10,20H,6-8,11-17H2,1-5H3;6-7,17,20H,3-5,8-14H2,1-2H3;1H/t20-;17-;/m11./s1. The molecule has 0 radical (unpaired) electrons. The molecular formula is C43H69ClN4O4. The van der Waals surface area contributed by atoms with E-state index in [1.54, 1.807) is 4.90 Å². The van der Waals surface area contributed by atoms with Crippen LogP contribution in [0.3, 0.4) is 0 Å². The lowest BCUT2D eigenvalue weighted by atomic mass is 9.76. The van der Waals surface area contributed by atoms with Gasteiger partial charge in [-0.2, -0.15) is 0 Å². The highest BCUT2D eigenvalue weighted by atomic mass is 35.5. The molecule has 2 aromatic rings. The normalized spacial score (nSPS) is 21.7. The number of ether oxygens (including phenoxy) is 3. The van der Waals surface area contributed by atoms with E-state index in [1.165, 1.54) is 66.0 Å². The number of carbonyl (C=O) groups is 1. The molecule has 2 saturated heterocycles. The van der Waals surface area contributed by atoms with Gasteiger partial charge in [0.2, 0.25) is 0 Å². The fourth-order valence-electron chi connectivity index (χ4n) is 7.66. The number of halogens is 1. The van der Waals surface area contributed by atoms with Crippen molar-refractivity contribution < 1.29 is 19.0 Å². The third kappa shape index (κ3) is 13.9. The summed E-state index contributed by atoms with van der Waals surface area (Å²) in [7, 11) is 0. The smallest absolute Gasteiger partial charge is 0.410 e. The summed E-state index contributed by atoms with van der Waals surface area (Å²) < 4.78 is 17.3. The predicted octanol–water partition coefficient (Wildman–Crippen LogP) is 8.66. The Bertz CT molecular complexity index is 1420. The first kappa shape index (κ1) is 42.5. The molecule has 2 fully saturated rings. The lowest BCUT2D eigenvalue weighted by molar-refractivity contribution is 0.0206. The van der Waals surface area contributed by atoms with Crippen LogP contribution in [-0.2, 0) is 52.7 Å². The van der Waals surface area contributed by atoms with Crippen LogP contribution in [0.4, 0.5) is 4.79 Å². The van der Waals surface area contributed by atoms with Gasteiger partial charge in [0.05, 0.1) is 18.8 Å². The van der Waals surface area contributed by atoms with E-state index in [2.05, 4.69) is 57.3 Å². The molecule has 0 unspecified atom stereocenters. The molecule has 9 heteroatoms.